The van der Waals surface area contributed by atoms with E-state index < -0.39 is 0 Å². The van der Waals surface area contributed by atoms with Crippen molar-refractivity contribution >= 4 is 65.4 Å². The van der Waals surface area contributed by atoms with Gasteiger partial charge in [-0.3, -0.25) is 4.57 Å². The normalized spacial score (nSPS) is 12.7. The lowest BCUT2D eigenvalue weighted by Crippen LogP contribution is -2.10. The number of benzene rings is 14. The zero-order valence-corrected chi connectivity index (χ0v) is 71.1. The summed E-state index contributed by atoms with van der Waals surface area (Å²) < 4.78 is 7.18. The zero-order valence-electron chi connectivity index (χ0n) is 71.1. The first-order chi connectivity index (χ1) is 55.7. The molecule has 6 nitrogen and oxygen atoms in total. The van der Waals surface area contributed by atoms with Crippen molar-refractivity contribution in [2.24, 2.45) is 0 Å². The van der Waals surface area contributed by atoms with Crippen LogP contribution in [-0.4, -0.2) is 28.7 Å². The van der Waals surface area contributed by atoms with Gasteiger partial charge in [-0.25, -0.2) is 4.98 Å². The Kier molecular flexibility index (Phi) is 18.2. The summed E-state index contributed by atoms with van der Waals surface area (Å²) in [7, 11) is 0. The predicted octanol–water partition coefficient (Wildman–Crippen LogP) is 30.3. The zero-order chi connectivity index (χ0) is 81.6. The van der Waals surface area contributed by atoms with Gasteiger partial charge in [0.1, 0.15) is 0 Å². The Hall–Kier alpha value is -12.5. The van der Waals surface area contributed by atoms with E-state index in [1.807, 2.05) is 0 Å². The van der Waals surface area contributed by atoms with E-state index in [1.54, 1.807) is 0 Å². The van der Waals surface area contributed by atoms with Crippen LogP contribution in [0.25, 0.3) is 172 Å². The van der Waals surface area contributed by atoms with Crippen molar-refractivity contribution in [3.05, 3.63) is 337 Å². The van der Waals surface area contributed by atoms with Crippen molar-refractivity contribution < 1.29 is 0 Å². The van der Waals surface area contributed by atoms with Crippen LogP contribution in [0.5, 0.6) is 0 Å². The van der Waals surface area contributed by atoms with Gasteiger partial charge in [0.2, 0.25) is 5.95 Å². The van der Waals surface area contributed by atoms with E-state index >= 15 is 0 Å². The Morgan fingerprint density at radius 1 is 0.179 bits per heavy atom. The Morgan fingerprint density at radius 2 is 0.359 bits per heavy atom. The van der Waals surface area contributed by atoms with Gasteiger partial charge < -0.3 is 9.13 Å². The standard InChI is InChI=1S/C111H104N6/c1-106(2,3)81-45-27-69(28-46-81)75-39-57-97-89(63-75)90-64-76(70-29-47-82(48-30-70)107(4,5)6)40-58-98(90)115(97)95-25-21-19-23-87(95)103-112-104(114-105(113-103)117-101-61-43-79(73-35-53-85(54-36-73)110(13,14)15)67-93(101)94-68-80(44-62-102(94)117)74-37-55-86(56-38-74)111(16,17)18)88-24-20-22-26-96(88)116-99-59-41-77(71-31-49-83(50-32-71)108(7,8)9)65-91(99)92-66-78(42-60-100(92)116)72-33-51-84(52-34-72)109(10,11)12/h19-68H,1-18H3. The second-order valence-electron chi connectivity index (χ2n) is 38.7. The first-order valence-corrected chi connectivity index (χ1v) is 41.6. The minimum atomic E-state index is 0.00879. The summed E-state index contributed by atoms with van der Waals surface area (Å²) in [5, 5.41) is 6.80. The molecule has 578 valence electrons. The minimum Gasteiger partial charge on any atom is -0.309 e. The SMILES string of the molecule is CC(C)(C)c1ccc(-c2ccc3c(c2)c2cc(-c4ccc(C(C)(C)C)cc4)ccc2n3-c2nc(-c3ccccc3-n3c4ccc(-c5ccc(C(C)(C)C)cc5)cc4c4cc(-c5ccc(C(C)(C)C)cc5)ccc43)nc(-c3ccccc3-n3c4ccc(-c5ccc(C(C)(C)C)cc5)cc4c4cc(-c5ccc(C(C)(C)C)cc5)ccc43)n2)cc1. The van der Waals surface area contributed by atoms with Crippen LogP contribution in [0.1, 0.15) is 158 Å². The van der Waals surface area contributed by atoms with Gasteiger partial charge in [-0.05, 0) is 230 Å². The molecule has 0 bridgehead atoms. The summed E-state index contributed by atoms with van der Waals surface area (Å²) in [6, 6.07) is 114. The Labute approximate surface area is 690 Å². The highest BCUT2D eigenvalue weighted by atomic mass is 15.2. The highest BCUT2D eigenvalue weighted by molar-refractivity contribution is 6.15. The van der Waals surface area contributed by atoms with Crippen molar-refractivity contribution in [1.29, 1.82) is 0 Å². The maximum atomic E-state index is 5.91. The average molecular weight is 1520 g/mol. The fourth-order valence-electron chi connectivity index (χ4n) is 17.3. The molecule has 18 rings (SSSR count). The lowest BCUT2D eigenvalue weighted by Gasteiger charge is -2.19. The van der Waals surface area contributed by atoms with Gasteiger partial charge in [-0.1, -0.05) is 331 Å². The summed E-state index contributed by atoms with van der Waals surface area (Å²) >= 11 is 0. The molecule has 0 unspecified atom stereocenters. The van der Waals surface area contributed by atoms with Gasteiger partial charge in [-0.15, -0.1) is 0 Å². The van der Waals surface area contributed by atoms with Crippen LogP contribution in [0, 0.1) is 0 Å². The Bertz CT molecular complexity index is 6250. The molecule has 0 fully saturated rings. The number of nitrogens with zero attached hydrogens (tertiary/aromatic N) is 6. The van der Waals surface area contributed by atoms with Gasteiger partial charge in [0.05, 0.1) is 44.5 Å². The summed E-state index contributed by atoms with van der Waals surface area (Å²) in [6.07, 6.45) is 0. The molecular weight excluding hydrogens is 1420 g/mol. The van der Waals surface area contributed by atoms with Crippen LogP contribution in [0.4, 0.5) is 0 Å². The summed E-state index contributed by atoms with van der Waals surface area (Å²) in [5.41, 5.74) is 31.7. The van der Waals surface area contributed by atoms with Gasteiger partial charge in [0.15, 0.2) is 11.6 Å². The van der Waals surface area contributed by atoms with Crippen molar-refractivity contribution in [1.82, 2.24) is 28.7 Å². The molecule has 0 radical (unpaired) electrons. The van der Waals surface area contributed by atoms with E-state index in [4.69, 9.17) is 15.0 Å². The van der Waals surface area contributed by atoms with Crippen LogP contribution in [-0.2, 0) is 32.5 Å². The molecule has 4 aromatic heterocycles. The molecular formula is C111H104N6. The maximum Gasteiger partial charge on any atom is 0.238 e. The highest BCUT2D eigenvalue weighted by Crippen LogP contribution is 2.46. The van der Waals surface area contributed by atoms with Crippen LogP contribution in [0.2, 0.25) is 0 Å². The van der Waals surface area contributed by atoms with E-state index in [-0.39, 0.29) is 32.5 Å². The maximum absolute atomic E-state index is 5.91. The van der Waals surface area contributed by atoms with E-state index in [9.17, 15) is 0 Å². The second-order valence-corrected chi connectivity index (χ2v) is 38.7. The number of para-hydroxylation sites is 2. The van der Waals surface area contributed by atoms with Crippen molar-refractivity contribution in [3.8, 4) is 107 Å². The third-order valence-electron chi connectivity index (χ3n) is 24.4. The fourth-order valence-corrected chi connectivity index (χ4v) is 17.3. The van der Waals surface area contributed by atoms with Crippen molar-refractivity contribution in [3.63, 3.8) is 0 Å². The molecule has 0 amide bonds. The number of aromatic nitrogens is 6. The summed E-state index contributed by atoms with van der Waals surface area (Å²) in [5.74, 6) is 1.57. The number of fused-ring (bicyclic) bond motifs is 9. The smallest absolute Gasteiger partial charge is 0.238 e. The lowest BCUT2D eigenvalue weighted by molar-refractivity contribution is 0.590. The molecule has 0 aliphatic rings. The summed E-state index contributed by atoms with van der Waals surface area (Å²) in [4.78, 5) is 17.7. The first kappa shape index (κ1) is 75.8. The Balaban J connectivity index is 0.889. The predicted molar refractivity (Wildman–Crippen MR) is 499 cm³/mol. The molecule has 0 N–H and O–H groups in total. The van der Waals surface area contributed by atoms with E-state index in [0.29, 0.717) is 17.6 Å². The molecule has 0 aliphatic carbocycles. The van der Waals surface area contributed by atoms with Crippen LogP contribution >= 0.6 is 0 Å². The molecule has 4 heterocycles. The van der Waals surface area contributed by atoms with Crippen LogP contribution in [0.15, 0.2) is 303 Å². The quantitative estimate of drug-likeness (QED) is 0.130. The van der Waals surface area contributed by atoms with Crippen molar-refractivity contribution in [2.75, 3.05) is 0 Å². The molecule has 6 heteroatoms. The van der Waals surface area contributed by atoms with Crippen molar-refractivity contribution in [2.45, 2.75) is 157 Å². The third-order valence-corrected chi connectivity index (χ3v) is 24.4. The molecule has 18 aromatic rings. The van der Waals surface area contributed by atoms with Crippen LogP contribution in [0.3, 0.4) is 0 Å². The number of rotatable bonds is 11. The average Bonchev–Trinajstić information content (AvgIpc) is 1.59. The van der Waals surface area contributed by atoms with Gasteiger partial charge in [0, 0.05) is 43.4 Å². The topological polar surface area (TPSA) is 53.5 Å². The largest absolute Gasteiger partial charge is 0.309 e. The third kappa shape index (κ3) is 14.0. The summed E-state index contributed by atoms with van der Waals surface area (Å²) in [6.45, 7) is 41.0. The minimum absolute atomic E-state index is 0.00879. The molecule has 0 atom stereocenters. The van der Waals surface area contributed by atoms with E-state index in [0.717, 1.165) is 132 Å². The highest BCUT2D eigenvalue weighted by Gasteiger charge is 2.28. The second kappa shape index (κ2) is 28.2. The lowest BCUT2D eigenvalue weighted by atomic mass is 9.86. The van der Waals surface area contributed by atoms with Gasteiger partial charge in [-0.2, -0.15) is 9.97 Å². The fraction of sp³-hybridized carbons (Fsp3) is 0.216. The molecule has 117 heavy (non-hydrogen) atoms. The molecule has 14 aromatic carbocycles. The molecule has 0 aliphatic heterocycles. The van der Waals surface area contributed by atoms with Gasteiger partial charge >= 0.3 is 0 Å². The van der Waals surface area contributed by atoms with E-state index in [2.05, 4.69) is 442 Å². The molecule has 0 saturated heterocycles. The molecule has 0 spiro atoms. The first-order valence-electron chi connectivity index (χ1n) is 41.6. The molecule has 0 saturated carbocycles. The Morgan fingerprint density at radius 3 is 0.556 bits per heavy atom. The monoisotopic (exact) mass is 1520 g/mol. The number of hydrogen-bond acceptors (Lipinski definition) is 3. The number of hydrogen-bond donors (Lipinski definition) is 0. The van der Waals surface area contributed by atoms with E-state index in [1.165, 1.54) is 55.6 Å². The van der Waals surface area contributed by atoms with Gasteiger partial charge in [0.25, 0.3) is 0 Å². The van der Waals surface area contributed by atoms with Crippen LogP contribution < -0.4 is 0 Å².